The molecule has 2 aromatic rings. The largest absolute Gasteiger partial charge is 0.319 e. The average Bonchev–Trinajstić information content (AvgIpc) is 2.82. The molecule has 4 nitrogen and oxygen atoms in total. The van der Waals surface area contributed by atoms with Gasteiger partial charge >= 0.3 is 0 Å². The normalized spacial score (nSPS) is 24.3. The summed E-state index contributed by atoms with van der Waals surface area (Å²) in [5, 5.41) is 3.38. The molecule has 114 valence electrons. The van der Waals surface area contributed by atoms with E-state index in [2.05, 4.69) is 59.2 Å². The predicted molar refractivity (Wildman–Crippen MR) is 86.4 cm³/mol. The Balaban J connectivity index is 1.99. The molecule has 21 heavy (non-hydrogen) atoms. The fraction of sp³-hybridized carbons (Fsp3) is 0.588. The van der Waals surface area contributed by atoms with Crippen molar-refractivity contribution in [1.82, 2.24) is 19.6 Å². The molecule has 0 saturated carbocycles. The maximum atomic E-state index is 4.90. The highest BCUT2D eigenvalue weighted by molar-refractivity contribution is 5.40. The predicted octanol–water partition coefficient (Wildman–Crippen LogP) is 2.72. The Labute approximate surface area is 127 Å². The van der Waals surface area contributed by atoms with E-state index in [0.29, 0.717) is 12.0 Å². The lowest BCUT2D eigenvalue weighted by Crippen LogP contribution is -2.36. The summed E-state index contributed by atoms with van der Waals surface area (Å²) < 4.78 is 2.14. The van der Waals surface area contributed by atoms with Gasteiger partial charge in [-0.3, -0.25) is 4.90 Å². The van der Waals surface area contributed by atoms with E-state index in [4.69, 9.17) is 4.98 Å². The number of pyridine rings is 1. The van der Waals surface area contributed by atoms with E-state index in [0.717, 1.165) is 18.7 Å². The zero-order valence-corrected chi connectivity index (χ0v) is 13.1. The molecule has 3 rings (SSSR count). The highest BCUT2D eigenvalue weighted by Crippen LogP contribution is 2.34. The zero-order chi connectivity index (χ0) is 14.7. The summed E-state index contributed by atoms with van der Waals surface area (Å²) in [4.78, 5) is 7.51. The van der Waals surface area contributed by atoms with Gasteiger partial charge in [0.15, 0.2) is 0 Å². The van der Waals surface area contributed by atoms with Gasteiger partial charge in [-0.15, -0.1) is 0 Å². The Bertz CT molecular complexity index is 544. The van der Waals surface area contributed by atoms with E-state index < -0.39 is 0 Å². The van der Waals surface area contributed by atoms with Gasteiger partial charge in [0.25, 0.3) is 0 Å². The SMILES string of the molecule is CCN1CCCCC(CNC)C1c1cn2ccccc2n1. The Hall–Kier alpha value is -1.39. The lowest BCUT2D eigenvalue weighted by molar-refractivity contribution is 0.159. The van der Waals surface area contributed by atoms with Crippen LogP contribution in [0.4, 0.5) is 0 Å². The maximum Gasteiger partial charge on any atom is 0.137 e. The van der Waals surface area contributed by atoms with E-state index in [9.17, 15) is 0 Å². The third-order valence-corrected chi connectivity index (χ3v) is 4.67. The van der Waals surface area contributed by atoms with Gasteiger partial charge in [-0.25, -0.2) is 4.98 Å². The Morgan fingerprint density at radius 3 is 3.00 bits per heavy atom. The third kappa shape index (κ3) is 2.97. The first-order valence-corrected chi connectivity index (χ1v) is 8.15. The Kier molecular flexibility index (Phi) is 4.56. The summed E-state index contributed by atoms with van der Waals surface area (Å²) in [5.74, 6) is 0.641. The summed E-state index contributed by atoms with van der Waals surface area (Å²) in [6.45, 7) is 5.62. The van der Waals surface area contributed by atoms with Gasteiger partial charge in [0, 0.05) is 12.4 Å². The molecule has 4 heteroatoms. The first kappa shape index (κ1) is 14.5. The van der Waals surface area contributed by atoms with E-state index >= 15 is 0 Å². The number of aromatic nitrogens is 2. The molecule has 2 aromatic heterocycles. The summed E-state index contributed by atoms with van der Waals surface area (Å²) >= 11 is 0. The van der Waals surface area contributed by atoms with Crippen molar-refractivity contribution in [2.45, 2.75) is 32.2 Å². The van der Waals surface area contributed by atoms with Crippen LogP contribution in [0.2, 0.25) is 0 Å². The molecule has 0 aromatic carbocycles. The average molecular weight is 286 g/mol. The summed E-state index contributed by atoms with van der Waals surface area (Å²) in [6, 6.07) is 6.64. The molecule has 1 fully saturated rings. The number of hydrogen-bond acceptors (Lipinski definition) is 3. The number of nitrogens with zero attached hydrogens (tertiary/aromatic N) is 3. The van der Waals surface area contributed by atoms with Crippen LogP contribution in [0.5, 0.6) is 0 Å². The van der Waals surface area contributed by atoms with Crippen molar-refractivity contribution in [2.24, 2.45) is 5.92 Å². The quantitative estimate of drug-likeness (QED) is 0.938. The van der Waals surface area contributed by atoms with Crippen molar-refractivity contribution in [3.63, 3.8) is 0 Å². The lowest BCUT2D eigenvalue weighted by Gasteiger charge is -2.33. The van der Waals surface area contributed by atoms with Crippen molar-refractivity contribution in [3.8, 4) is 0 Å². The minimum Gasteiger partial charge on any atom is -0.319 e. The number of rotatable bonds is 4. The second kappa shape index (κ2) is 6.58. The van der Waals surface area contributed by atoms with Crippen molar-refractivity contribution in [1.29, 1.82) is 0 Å². The van der Waals surface area contributed by atoms with Crippen LogP contribution in [0, 0.1) is 5.92 Å². The number of fused-ring (bicyclic) bond motifs is 1. The van der Waals surface area contributed by atoms with Gasteiger partial charge in [-0.05, 0) is 57.6 Å². The lowest BCUT2D eigenvalue weighted by atomic mass is 9.92. The second-order valence-electron chi connectivity index (χ2n) is 6.02. The first-order chi connectivity index (χ1) is 10.3. The monoisotopic (exact) mass is 286 g/mol. The van der Waals surface area contributed by atoms with Crippen molar-refractivity contribution >= 4 is 5.65 Å². The van der Waals surface area contributed by atoms with Crippen LogP contribution in [0.1, 0.15) is 37.9 Å². The van der Waals surface area contributed by atoms with Crippen LogP contribution in [0.15, 0.2) is 30.6 Å². The first-order valence-electron chi connectivity index (χ1n) is 8.15. The van der Waals surface area contributed by atoms with Crippen LogP contribution < -0.4 is 5.32 Å². The standard InChI is InChI=1S/C17H26N4/c1-3-20-10-6-4-8-14(12-18-2)17(20)15-13-21-11-7-5-9-16(21)19-15/h5,7,9,11,13-14,17-18H,3-4,6,8,10,12H2,1-2H3. The molecule has 2 unspecified atom stereocenters. The molecule has 2 atom stereocenters. The van der Waals surface area contributed by atoms with Crippen molar-refractivity contribution in [3.05, 3.63) is 36.3 Å². The maximum absolute atomic E-state index is 4.90. The van der Waals surface area contributed by atoms with Gasteiger partial charge in [-0.2, -0.15) is 0 Å². The Morgan fingerprint density at radius 1 is 1.33 bits per heavy atom. The molecule has 0 aliphatic carbocycles. The molecule has 3 heterocycles. The number of hydrogen-bond donors (Lipinski definition) is 1. The summed E-state index contributed by atoms with van der Waals surface area (Å²) in [7, 11) is 2.06. The van der Waals surface area contributed by atoms with Crippen molar-refractivity contribution < 1.29 is 0 Å². The number of likely N-dealkylation sites (tertiary alicyclic amines) is 1. The Morgan fingerprint density at radius 2 is 2.24 bits per heavy atom. The van der Waals surface area contributed by atoms with Crippen LogP contribution in [0.3, 0.4) is 0 Å². The van der Waals surface area contributed by atoms with E-state index in [1.165, 1.54) is 31.5 Å². The molecule has 1 aliphatic rings. The summed E-state index contributed by atoms with van der Waals surface area (Å²) in [5.41, 5.74) is 2.28. The molecule has 0 amide bonds. The van der Waals surface area contributed by atoms with Crippen LogP contribution >= 0.6 is 0 Å². The van der Waals surface area contributed by atoms with Crippen LogP contribution in [-0.2, 0) is 0 Å². The molecule has 1 N–H and O–H groups in total. The summed E-state index contributed by atoms with van der Waals surface area (Å²) in [6.07, 6.45) is 8.23. The van der Waals surface area contributed by atoms with E-state index in [1.807, 2.05) is 0 Å². The molecule has 1 aliphatic heterocycles. The van der Waals surface area contributed by atoms with Gasteiger partial charge in [0.05, 0.1) is 11.7 Å². The molecular weight excluding hydrogens is 260 g/mol. The zero-order valence-electron chi connectivity index (χ0n) is 13.1. The van der Waals surface area contributed by atoms with E-state index in [-0.39, 0.29) is 0 Å². The second-order valence-corrected chi connectivity index (χ2v) is 6.02. The van der Waals surface area contributed by atoms with Crippen LogP contribution in [0.25, 0.3) is 5.65 Å². The van der Waals surface area contributed by atoms with Crippen LogP contribution in [-0.4, -0.2) is 41.0 Å². The minimum atomic E-state index is 0.435. The molecular formula is C17H26N4. The minimum absolute atomic E-state index is 0.435. The smallest absolute Gasteiger partial charge is 0.137 e. The third-order valence-electron chi connectivity index (χ3n) is 4.67. The number of imidazole rings is 1. The van der Waals surface area contributed by atoms with Gasteiger partial charge in [0.1, 0.15) is 5.65 Å². The molecule has 0 radical (unpaired) electrons. The van der Waals surface area contributed by atoms with Gasteiger partial charge in [0.2, 0.25) is 0 Å². The molecule has 0 bridgehead atoms. The highest BCUT2D eigenvalue weighted by Gasteiger charge is 2.31. The number of nitrogens with one attached hydrogen (secondary N) is 1. The highest BCUT2D eigenvalue weighted by atomic mass is 15.2. The van der Waals surface area contributed by atoms with Gasteiger partial charge in [-0.1, -0.05) is 19.4 Å². The topological polar surface area (TPSA) is 32.6 Å². The fourth-order valence-electron chi connectivity index (χ4n) is 3.67. The van der Waals surface area contributed by atoms with Gasteiger partial charge < -0.3 is 9.72 Å². The molecule has 0 spiro atoms. The fourth-order valence-corrected chi connectivity index (χ4v) is 3.67. The molecule has 1 saturated heterocycles. The van der Waals surface area contributed by atoms with E-state index in [1.54, 1.807) is 0 Å². The van der Waals surface area contributed by atoms with Crippen molar-refractivity contribution in [2.75, 3.05) is 26.7 Å².